The summed E-state index contributed by atoms with van der Waals surface area (Å²) < 4.78 is 5.99. The highest BCUT2D eigenvalue weighted by Crippen LogP contribution is 2.20. The minimum atomic E-state index is 0.0587. The highest BCUT2D eigenvalue weighted by Gasteiger charge is 2.25. The van der Waals surface area contributed by atoms with Gasteiger partial charge in [0.05, 0.1) is 19.0 Å². The number of amides is 1. The second kappa shape index (κ2) is 6.06. The van der Waals surface area contributed by atoms with E-state index < -0.39 is 0 Å². The van der Waals surface area contributed by atoms with Crippen LogP contribution in [-0.2, 0) is 4.79 Å². The lowest BCUT2D eigenvalue weighted by Crippen LogP contribution is -2.33. The van der Waals surface area contributed by atoms with Gasteiger partial charge in [-0.25, -0.2) is 0 Å². The van der Waals surface area contributed by atoms with E-state index in [0.29, 0.717) is 23.3 Å². The molecule has 2 rings (SSSR count). The molecule has 1 aliphatic heterocycles. The Hall–Kier alpha value is -1.27. The first-order valence-electron chi connectivity index (χ1n) is 5.64. The van der Waals surface area contributed by atoms with Gasteiger partial charge in [-0.2, -0.15) is 0 Å². The van der Waals surface area contributed by atoms with E-state index in [9.17, 15) is 4.79 Å². The Morgan fingerprint density at radius 2 is 2.17 bits per heavy atom. The number of carbonyl (C=O) groups excluding carboxylic acids is 1. The molecule has 0 aromatic heterocycles. The van der Waals surface area contributed by atoms with E-state index >= 15 is 0 Å². The van der Waals surface area contributed by atoms with E-state index in [-0.39, 0.29) is 5.91 Å². The number of carbonyl (C=O) groups is 1. The Bertz CT molecular complexity index is 432. The molecule has 6 heteroatoms. The standard InChI is InChI=1S/C12H14N2O2S2/c1-2-16-10-5-3-9(4-6-10)13-8-14-11(15)7-18-12(14)17/h3-6,13H,2,7-8H2,1H3. The molecule has 96 valence electrons. The Morgan fingerprint density at radius 3 is 2.72 bits per heavy atom. The lowest BCUT2D eigenvalue weighted by atomic mass is 10.3. The van der Waals surface area contributed by atoms with Crippen LogP contribution in [0.15, 0.2) is 24.3 Å². The van der Waals surface area contributed by atoms with Gasteiger partial charge in [-0.1, -0.05) is 24.0 Å². The number of thiocarbonyl (C=S) groups is 1. The Labute approximate surface area is 116 Å². The van der Waals surface area contributed by atoms with Gasteiger partial charge in [-0.05, 0) is 31.2 Å². The maximum Gasteiger partial charge on any atom is 0.239 e. The van der Waals surface area contributed by atoms with Crippen LogP contribution in [0.4, 0.5) is 5.69 Å². The maximum atomic E-state index is 11.5. The predicted octanol–water partition coefficient (Wildman–Crippen LogP) is 2.32. The summed E-state index contributed by atoms with van der Waals surface area (Å²) in [5.41, 5.74) is 0.936. The van der Waals surface area contributed by atoms with Gasteiger partial charge >= 0.3 is 0 Å². The zero-order valence-electron chi connectivity index (χ0n) is 10.0. The number of nitrogens with one attached hydrogen (secondary N) is 1. The van der Waals surface area contributed by atoms with Crippen LogP contribution in [0.2, 0.25) is 0 Å². The summed E-state index contributed by atoms with van der Waals surface area (Å²) in [5, 5.41) is 3.17. The second-order valence-electron chi connectivity index (χ2n) is 3.67. The Balaban J connectivity index is 1.90. The van der Waals surface area contributed by atoms with E-state index in [4.69, 9.17) is 17.0 Å². The minimum Gasteiger partial charge on any atom is -0.494 e. The normalized spacial score (nSPS) is 15.1. The van der Waals surface area contributed by atoms with Crippen LogP contribution in [0.25, 0.3) is 0 Å². The lowest BCUT2D eigenvalue weighted by molar-refractivity contribution is -0.123. The van der Waals surface area contributed by atoms with Crippen LogP contribution in [0.3, 0.4) is 0 Å². The van der Waals surface area contributed by atoms with Crippen LogP contribution < -0.4 is 10.1 Å². The van der Waals surface area contributed by atoms with Crippen molar-refractivity contribution in [3.63, 3.8) is 0 Å². The molecule has 1 fully saturated rings. The van der Waals surface area contributed by atoms with Crippen molar-refractivity contribution in [2.24, 2.45) is 0 Å². The Kier molecular flexibility index (Phi) is 4.43. The first-order valence-corrected chi connectivity index (χ1v) is 7.04. The molecule has 1 amide bonds. The monoisotopic (exact) mass is 282 g/mol. The highest BCUT2D eigenvalue weighted by molar-refractivity contribution is 8.23. The van der Waals surface area contributed by atoms with Crippen LogP contribution in [0, 0.1) is 0 Å². The molecule has 0 aliphatic carbocycles. The predicted molar refractivity (Wildman–Crippen MR) is 78.0 cm³/mol. The largest absolute Gasteiger partial charge is 0.494 e. The fraction of sp³-hybridized carbons (Fsp3) is 0.333. The number of rotatable bonds is 5. The van der Waals surface area contributed by atoms with Crippen molar-refractivity contribution >= 4 is 39.9 Å². The van der Waals surface area contributed by atoms with Crippen molar-refractivity contribution in [1.82, 2.24) is 4.90 Å². The van der Waals surface area contributed by atoms with Gasteiger partial charge in [-0.3, -0.25) is 9.69 Å². The van der Waals surface area contributed by atoms with Crippen LogP contribution in [0.5, 0.6) is 5.75 Å². The quantitative estimate of drug-likeness (QED) is 0.839. The van der Waals surface area contributed by atoms with Crippen LogP contribution in [-0.4, -0.2) is 34.2 Å². The number of hydrogen-bond acceptors (Lipinski definition) is 5. The molecular weight excluding hydrogens is 268 g/mol. The lowest BCUT2D eigenvalue weighted by Gasteiger charge is -2.16. The highest BCUT2D eigenvalue weighted by atomic mass is 32.2. The molecule has 0 unspecified atom stereocenters. The average Bonchev–Trinajstić information content (AvgIpc) is 2.69. The molecule has 0 radical (unpaired) electrons. The number of nitrogens with zero attached hydrogens (tertiary/aromatic N) is 1. The fourth-order valence-corrected chi connectivity index (χ4v) is 2.61. The van der Waals surface area contributed by atoms with Crippen LogP contribution in [0.1, 0.15) is 6.92 Å². The van der Waals surface area contributed by atoms with Crippen molar-refractivity contribution in [3.05, 3.63) is 24.3 Å². The summed E-state index contributed by atoms with van der Waals surface area (Å²) in [6, 6.07) is 7.62. The SMILES string of the molecule is CCOc1ccc(NCN2C(=O)CSC2=S)cc1. The number of thioether (sulfide) groups is 1. The van der Waals surface area contributed by atoms with Crippen molar-refractivity contribution in [1.29, 1.82) is 0 Å². The van der Waals surface area contributed by atoms with E-state index in [0.717, 1.165) is 11.4 Å². The number of ether oxygens (including phenoxy) is 1. The minimum absolute atomic E-state index is 0.0587. The molecule has 1 aromatic carbocycles. The van der Waals surface area contributed by atoms with Gasteiger partial charge in [-0.15, -0.1) is 0 Å². The van der Waals surface area contributed by atoms with E-state index in [2.05, 4.69) is 5.32 Å². The first kappa shape index (κ1) is 13.2. The summed E-state index contributed by atoms with van der Waals surface area (Å²) in [7, 11) is 0. The first-order chi connectivity index (χ1) is 8.70. The average molecular weight is 282 g/mol. The summed E-state index contributed by atoms with van der Waals surface area (Å²) >= 11 is 6.50. The third-order valence-electron chi connectivity index (χ3n) is 2.45. The van der Waals surface area contributed by atoms with E-state index in [1.807, 2.05) is 31.2 Å². The van der Waals surface area contributed by atoms with E-state index in [1.54, 1.807) is 4.90 Å². The third-order valence-corrected chi connectivity index (χ3v) is 3.88. The van der Waals surface area contributed by atoms with Crippen LogP contribution >= 0.6 is 24.0 Å². The molecule has 1 aromatic rings. The van der Waals surface area contributed by atoms with Gasteiger partial charge in [0.25, 0.3) is 0 Å². The zero-order chi connectivity index (χ0) is 13.0. The number of hydrogen-bond donors (Lipinski definition) is 1. The Morgan fingerprint density at radius 1 is 1.44 bits per heavy atom. The molecule has 0 atom stereocenters. The van der Waals surface area contributed by atoms with Crippen molar-refractivity contribution in [3.8, 4) is 5.75 Å². The molecule has 1 heterocycles. The third kappa shape index (κ3) is 3.14. The van der Waals surface area contributed by atoms with Gasteiger partial charge in [0.2, 0.25) is 5.91 Å². The molecule has 0 bridgehead atoms. The molecular formula is C12H14N2O2S2. The smallest absolute Gasteiger partial charge is 0.239 e. The number of anilines is 1. The fourth-order valence-electron chi connectivity index (χ4n) is 1.54. The van der Waals surface area contributed by atoms with Gasteiger partial charge in [0.1, 0.15) is 10.1 Å². The summed E-state index contributed by atoms with van der Waals surface area (Å²) in [6.45, 7) is 3.02. The summed E-state index contributed by atoms with van der Waals surface area (Å²) in [5.74, 6) is 1.35. The second-order valence-corrected chi connectivity index (χ2v) is 5.28. The van der Waals surface area contributed by atoms with Gasteiger partial charge in [0.15, 0.2) is 0 Å². The van der Waals surface area contributed by atoms with Crippen molar-refractivity contribution < 1.29 is 9.53 Å². The van der Waals surface area contributed by atoms with Gasteiger partial charge in [0, 0.05) is 5.69 Å². The molecule has 0 spiro atoms. The molecule has 18 heavy (non-hydrogen) atoms. The van der Waals surface area contributed by atoms with E-state index in [1.165, 1.54) is 11.8 Å². The van der Waals surface area contributed by atoms with Crippen molar-refractivity contribution in [2.45, 2.75) is 6.92 Å². The summed E-state index contributed by atoms with van der Waals surface area (Å²) in [6.07, 6.45) is 0. The van der Waals surface area contributed by atoms with Gasteiger partial charge < -0.3 is 10.1 Å². The maximum absolute atomic E-state index is 11.5. The molecule has 1 aliphatic rings. The number of benzene rings is 1. The molecule has 1 N–H and O–H groups in total. The summed E-state index contributed by atoms with van der Waals surface area (Å²) in [4.78, 5) is 13.1. The zero-order valence-corrected chi connectivity index (χ0v) is 11.6. The molecule has 1 saturated heterocycles. The molecule has 0 saturated carbocycles. The van der Waals surface area contributed by atoms with Crippen molar-refractivity contribution in [2.75, 3.05) is 24.3 Å². The topological polar surface area (TPSA) is 41.6 Å². The molecule has 4 nitrogen and oxygen atoms in total.